The molecule has 1 saturated carbocycles. The summed E-state index contributed by atoms with van der Waals surface area (Å²) in [7, 11) is 0. The fraction of sp³-hybridized carbons (Fsp3) is 0.900. The van der Waals surface area contributed by atoms with Crippen LogP contribution in [0.15, 0.2) is 0 Å². The number of carbonyl (C=O) groups excluding carboxylic acids is 1. The average Bonchev–Trinajstić information content (AvgIpc) is 2.14. The molecular formula is C10H15F3N2O. The van der Waals surface area contributed by atoms with Gasteiger partial charge in [0.2, 0.25) is 5.91 Å². The van der Waals surface area contributed by atoms with Crippen molar-refractivity contribution < 1.29 is 18.0 Å². The maximum atomic E-state index is 12.4. The van der Waals surface area contributed by atoms with Gasteiger partial charge in [-0.3, -0.25) is 9.69 Å². The van der Waals surface area contributed by atoms with E-state index in [-0.39, 0.29) is 24.5 Å². The summed E-state index contributed by atoms with van der Waals surface area (Å²) in [5, 5.41) is 2.79. The van der Waals surface area contributed by atoms with E-state index < -0.39 is 12.7 Å². The topological polar surface area (TPSA) is 32.3 Å². The first-order valence-electron chi connectivity index (χ1n) is 5.56. The van der Waals surface area contributed by atoms with Gasteiger partial charge in [-0.1, -0.05) is 12.8 Å². The third-order valence-corrected chi connectivity index (χ3v) is 3.27. The number of nitrogens with one attached hydrogen (secondary N) is 1. The smallest absolute Gasteiger partial charge is 0.351 e. The normalized spacial score (nSPS) is 32.1. The number of fused-ring (bicyclic) bond motifs is 1. The van der Waals surface area contributed by atoms with Gasteiger partial charge >= 0.3 is 6.18 Å². The zero-order chi connectivity index (χ0) is 11.8. The number of amides is 1. The number of rotatable bonds is 1. The zero-order valence-corrected chi connectivity index (χ0v) is 8.89. The lowest BCUT2D eigenvalue weighted by molar-refractivity contribution is -0.161. The second-order valence-corrected chi connectivity index (χ2v) is 4.55. The van der Waals surface area contributed by atoms with E-state index in [1.807, 2.05) is 0 Å². The molecule has 3 nitrogen and oxygen atoms in total. The van der Waals surface area contributed by atoms with E-state index >= 15 is 0 Å². The summed E-state index contributed by atoms with van der Waals surface area (Å²) in [6.45, 7) is -1.09. The van der Waals surface area contributed by atoms with E-state index in [4.69, 9.17) is 0 Å². The fourth-order valence-corrected chi connectivity index (χ4v) is 2.67. The van der Waals surface area contributed by atoms with Crippen molar-refractivity contribution in [3.63, 3.8) is 0 Å². The van der Waals surface area contributed by atoms with Crippen LogP contribution in [-0.4, -0.2) is 42.2 Å². The van der Waals surface area contributed by atoms with Gasteiger partial charge in [0.05, 0.1) is 13.1 Å². The van der Waals surface area contributed by atoms with Crippen LogP contribution in [0.2, 0.25) is 0 Å². The van der Waals surface area contributed by atoms with E-state index in [0.717, 1.165) is 25.7 Å². The van der Waals surface area contributed by atoms with Gasteiger partial charge in [0.1, 0.15) is 0 Å². The monoisotopic (exact) mass is 236 g/mol. The molecule has 2 rings (SSSR count). The van der Waals surface area contributed by atoms with E-state index in [1.54, 1.807) is 0 Å². The van der Waals surface area contributed by atoms with Gasteiger partial charge in [-0.2, -0.15) is 13.2 Å². The second-order valence-electron chi connectivity index (χ2n) is 4.55. The molecule has 2 fully saturated rings. The van der Waals surface area contributed by atoms with E-state index in [2.05, 4.69) is 5.32 Å². The molecule has 1 aliphatic carbocycles. The lowest BCUT2D eigenvalue weighted by Crippen LogP contribution is -2.62. The van der Waals surface area contributed by atoms with Crippen molar-refractivity contribution in [3.8, 4) is 0 Å². The third kappa shape index (κ3) is 2.66. The Labute approximate surface area is 92.0 Å². The van der Waals surface area contributed by atoms with Crippen LogP contribution >= 0.6 is 0 Å². The summed E-state index contributed by atoms with van der Waals surface area (Å²) in [6.07, 6.45) is -0.738. The predicted molar refractivity (Wildman–Crippen MR) is 51.8 cm³/mol. The van der Waals surface area contributed by atoms with Gasteiger partial charge in [-0.05, 0) is 12.8 Å². The molecule has 1 saturated heterocycles. The Morgan fingerprint density at radius 3 is 2.69 bits per heavy atom. The number of hydrogen-bond donors (Lipinski definition) is 1. The number of carbonyl (C=O) groups is 1. The first kappa shape index (κ1) is 11.7. The molecule has 0 unspecified atom stereocenters. The molecule has 1 N–H and O–H groups in total. The van der Waals surface area contributed by atoms with Crippen LogP contribution in [0.5, 0.6) is 0 Å². The van der Waals surface area contributed by atoms with Crippen LogP contribution in [0.25, 0.3) is 0 Å². The molecule has 16 heavy (non-hydrogen) atoms. The highest BCUT2D eigenvalue weighted by molar-refractivity contribution is 5.79. The number of halogens is 3. The van der Waals surface area contributed by atoms with Crippen LogP contribution in [0, 0.1) is 0 Å². The summed E-state index contributed by atoms with van der Waals surface area (Å²) in [6, 6.07) is -0.217. The van der Waals surface area contributed by atoms with Gasteiger partial charge in [-0.15, -0.1) is 0 Å². The summed E-state index contributed by atoms with van der Waals surface area (Å²) >= 11 is 0. The van der Waals surface area contributed by atoms with Gasteiger partial charge in [-0.25, -0.2) is 0 Å². The van der Waals surface area contributed by atoms with Crippen molar-refractivity contribution in [3.05, 3.63) is 0 Å². The highest BCUT2D eigenvalue weighted by atomic mass is 19.4. The van der Waals surface area contributed by atoms with Gasteiger partial charge in [0, 0.05) is 12.1 Å². The van der Waals surface area contributed by atoms with Crippen molar-refractivity contribution in [1.82, 2.24) is 10.2 Å². The molecule has 0 bridgehead atoms. The highest BCUT2D eigenvalue weighted by Gasteiger charge is 2.41. The number of hydrogen-bond acceptors (Lipinski definition) is 2. The molecule has 0 radical (unpaired) electrons. The fourth-order valence-electron chi connectivity index (χ4n) is 2.67. The average molecular weight is 236 g/mol. The van der Waals surface area contributed by atoms with Gasteiger partial charge < -0.3 is 5.32 Å². The van der Waals surface area contributed by atoms with Gasteiger partial charge in [0.25, 0.3) is 0 Å². The molecule has 92 valence electrons. The molecule has 2 atom stereocenters. The summed E-state index contributed by atoms with van der Waals surface area (Å²) in [5.74, 6) is -0.285. The van der Waals surface area contributed by atoms with Crippen LogP contribution in [0.1, 0.15) is 25.7 Å². The quantitative estimate of drug-likeness (QED) is 0.744. The number of piperazine rings is 1. The van der Waals surface area contributed by atoms with Crippen LogP contribution in [0.3, 0.4) is 0 Å². The molecule has 0 spiro atoms. The Morgan fingerprint density at radius 2 is 2.00 bits per heavy atom. The van der Waals surface area contributed by atoms with Crippen molar-refractivity contribution in [2.75, 3.05) is 13.1 Å². The van der Waals surface area contributed by atoms with E-state index in [0.29, 0.717) is 0 Å². The first-order valence-corrected chi connectivity index (χ1v) is 5.56. The molecule has 0 aromatic heterocycles. The molecule has 2 aliphatic rings. The highest BCUT2D eigenvalue weighted by Crippen LogP contribution is 2.28. The Kier molecular flexibility index (Phi) is 3.10. The maximum absolute atomic E-state index is 12.4. The second kappa shape index (κ2) is 4.24. The Bertz CT molecular complexity index is 280. The van der Waals surface area contributed by atoms with Crippen LogP contribution in [-0.2, 0) is 4.79 Å². The lowest BCUT2D eigenvalue weighted by atomic mass is 9.87. The number of nitrogens with zero attached hydrogens (tertiary/aromatic N) is 1. The van der Waals surface area contributed by atoms with E-state index in [1.165, 1.54) is 4.90 Å². The molecule has 1 aliphatic heterocycles. The summed E-state index contributed by atoms with van der Waals surface area (Å²) in [4.78, 5) is 12.6. The minimum Gasteiger partial charge on any atom is -0.351 e. The zero-order valence-electron chi connectivity index (χ0n) is 8.89. The van der Waals surface area contributed by atoms with Crippen LogP contribution in [0.4, 0.5) is 13.2 Å². The van der Waals surface area contributed by atoms with E-state index in [9.17, 15) is 18.0 Å². The minimum atomic E-state index is -4.22. The van der Waals surface area contributed by atoms with Crippen molar-refractivity contribution in [2.45, 2.75) is 43.9 Å². The molecular weight excluding hydrogens is 221 g/mol. The first-order chi connectivity index (χ1) is 7.46. The summed E-state index contributed by atoms with van der Waals surface area (Å²) in [5.41, 5.74) is 0. The minimum absolute atomic E-state index is 0.0858. The SMILES string of the molecule is O=C1CN(CC(F)(F)F)[C@@H]2CCCC[C@H]2N1. The van der Waals surface area contributed by atoms with Gasteiger partial charge in [0.15, 0.2) is 0 Å². The van der Waals surface area contributed by atoms with Crippen molar-refractivity contribution in [2.24, 2.45) is 0 Å². The lowest BCUT2D eigenvalue weighted by Gasteiger charge is -2.44. The van der Waals surface area contributed by atoms with Crippen molar-refractivity contribution in [1.29, 1.82) is 0 Å². The molecule has 1 heterocycles. The largest absolute Gasteiger partial charge is 0.401 e. The Hall–Kier alpha value is -0.780. The Balaban J connectivity index is 2.06. The van der Waals surface area contributed by atoms with Crippen molar-refractivity contribution >= 4 is 5.91 Å². The summed E-state index contributed by atoms with van der Waals surface area (Å²) < 4.78 is 37.1. The third-order valence-electron chi connectivity index (χ3n) is 3.27. The molecule has 1 amide bonds. The maximum Gasteiger partial charge on any atom is 0.401 e. The Morgan fingerprint density at radius 1 is 1.31 bits per heavy atom. The standard InChI is InChI=1S/C10H15F3N2O/c11-10(12,13)6-15-5-9(16)14-7-3-1-2-4-8(7)15/h7-8H,1-6H2,(H,14,16)/t7-,8-/m1/s1. The van der Waals surface area contributed by atoms with Crippen LogP contribution < -0.4 is 5.32 Å². The molecule has 6 heteroatoms. The number of alkyl halides is 3. The molecule has 0 aromatic rings. The predicted octanol–water partition coefficient (Wildman–Crippen LogP) is 1.29. The molecule has 0 aromatic carbocycles.